The number of thiazole rings is 1. The fourth-order valence-electron chi connectivity index (χ4n) is 3.73. The van der Waals surface area contributed by atoms with E-state index in [0.717, 1.165) is 25.7 Å². The van der Waals surface area contributed by atoms with Gasteiger partial charge in [-0.05, 0) is 25.0 Å². The minimum absolute atomic E-state index is 0.0609. The van der Waals surface area contributed by atoms with Crippen molar-refractivity contribution in [3.05, 3.63) is 40.9 Å². The van der Waals surface area contributed by atoms with Crippen LogP contribution < -0.4 is 5.32 Å². The fourth-order valence-corrected chi connectivity index (χ4v) is 4.62. The summed E-state index contributed by atoms with van der Waals surface area (Å²) in [5, 5.41) is 5.29. The Morgan fingerprint density at radius 1 is 1.29 bits per heavy atom. The van der Waals surface area contributed by atoms with E-state index in [-0.39, 0.29) is 29.7 Å². The number of carbonyl (C=O) groups excluding carboxylic acids is 1. The molecule has 148 valence electrons. The van der Waals surface area contributed by atoms with Crippen LogP contribution in [0.15, 0.2) is 23.6 Å². The summed E-state index contributed by atoms with van der Waals surface area (Å²) >= 11 is 1.33. The van der Waals surface area contributed by atoms with Gasteiger partial charge in [-0.15, -0.1) is 11.3 Å². The van der Waals surface area contributed by atoms with Gasteiger partial charge in [0.1, 0.15) is 23.1 Å². The molecule has 2 aromatic heterocycles. The number of nitrogens with one attached hydrogen (secondary N) is 1. The molecule has 0 aliphatic heterocycles. The first-order chi connectivity index (χ1) is 13.6. The minimum Gasteiger partial charge on any atom is -0.469 e. The van der Waals surface area contributed by atoms with Gasteiger partial charge in [0.15, 0.2) is 4.96 Å². The fraction of sp³-hybridized carbons (Fsp3) is 0.400. The maximum absolute atomic E-state index is 14.5. The molecule has 3 aromatic rings. The Labute approximate surface area is 165 Å². The van der Waals surface area contributed by atoms with Gasteiger partial charge in [-0.1, -0.05) is 25.3 Å². The Balaban J connectivity index is 1.86. The zero-order valence-corrected chi connectivity index (χ0v) is 16.3. The number of esters is 1. The summed E-state index contributed by atoms with van der Waals surface area (Å²) in [4.78, 5) is 16.9. The second kappa shape index (κ2) is 7.87. The van der Waals surface area contributed by atoms with Gasteiger partial charge in [0, 0.05) is 17.1 Å². The molecule has 5 nitrogen and oxygen atoms in total. The molecule has 1 saturated carbocycles. The number of nitrogens with zero attached hydrogens (tertiary/aromatic N) is 2. The average molecular weight is 405 g/mol. The number of ether oxygens (including phenoxy) is 1. The molecule has 1 aliphatic rings. The van der Waals surface area contributed by atoms with Gasteiger partial charge in [-0.3, -0.25) is 9.20 Å². The van der Waals surface area contributed by atoms with E-state index in [4.69, 9.17) is 4.74 Å². The van der Waals surface area contributed by atoms with Crippen LogP contribution in [-0.4, -0.2) is 28.5 Å². The number of benzene rings is 1. The van der Waals surface area contributed by atoms with E-state index in [2.05, 4.69) is 10.3 Å². The van der Waals surface area contributed by atoms with Crippen LogP contribution in [-0.2, 0) is 16.0 Å². The molecule has 8 heteroatoms. The second-order valence-corrected chi connectivity index (χ2v) is 7.82. The van der Waals surface area contributed by atoms with Crippen molar-refractivity contribution in [1.82, 2.24) is 9.38 Å². The number of hydrogen-bond donors (Lipinski definition) is 1. The highest BCUT2D eigenvalue weighted by Gasteiger charge is 2.26. The highest BCUT2D eigenvalue weighted by atomic mass is 32.1. The lowest BCUT2D eigenvalue weighted by molar-refractivity contribution is -0.139. The molecule has 1 fully saturated rings. The third-order valence-electron chi connectivity index (χ3n) is 5.13. The summed E-state index contributed by atoms with van der Waals surface area (Å²) in [7, 11) is 1.33. The molecule has 0 unspecified atom stereocenters. The standard InChI is InChI=1S/C20H21F2N3O2S/c1-27-16(26)10-13-11-28-20-24-18(17-14(21)8-5-9-15(17)22)19(25(13)20)23-12-6-3-2-4-7-12/h5,8-9,11-12,23H,2-4,6-7,10H2,1H3. The Morgan fingerprint density at radius 3 is 2.68 bits per heavy atom. The normalized spacial score (nSPS) is 15.1. The Hall–Kier alpha value is -2.48. The van der Waals surface area contributed by atoms with Crippen LogP contribution >= 0.6 is 11.3 Å². The molecule has 0 spiro atoms. The first-order valence-electron chi connectivity index (χ1n) is 9.35. The minimum atomic E-state index is -0.660. The SMILES string of the molecule is COC(=O)Cc1csc2nc(-c3c(F)cccc3F)c(NC3CCCCC3)n12. The van der Waals surface area contributed by atoms with Gasteiger partial charge in [0.25, 0.3) is 0 Å². The number of hydrogen-bond acceptors (Lipinski definition) is 5. The molecular formula is C20H21F2N3O2S. The Morgan fingerprint density at radius 2 is 2.00 bits per heavy atom. The van der Waals surface area contributed by atoms with Gasteiger partial charge in [0.05, 0.1) is 19.1 Å². The second-order valence-electron chi connectivity index (χ2n) is 6.98. The third kappa shape index (κ3) is 3.48. The van der Waals surface area contributed by atoms with Crippen LogP contribution in [0.5, 0.6) is 0 Å². The zero-order valence-electron chi connectivity index (χ0n) is 15.5. The predicted molar refractivity (Wildman–Crippen MR) is 105 cm³/mol. The predicted octanol–water partition coefficient (Wildman–Crippen LogP) is 4.80. The van der Waals surface area contributed by atoms with Crippen molar-refractivity contribution in [3.8, 4) is 11.3 Å². The van der Waals surface area contributed by atoms with Crippen molar-refractivity contribution in [2.24, 2.45) is 0 Å². The maximum atomic E-state index is 14.5. The van der Waals surface area contributed by atoms with Crippen molar-refractivity contribution < 1.29 is 18.3 Å². The quantitative estimate of drug-likeness (QED) is 0.620. The van der Waals surface area contributed by atoms with Crippen LogP contribution in [0.4, 0.5) is 14.6 Å². The number of fused-ring (bicyclic) bond motifs is 1. The van der Waals surface area contributed by atoms with Crippen LogP contribution in [0.2, 0.25) is 0 Å². The average Bonchev–Trinajstić information content (AvgIpc) is 3.23. The number of halogens is 2. The molecule has 2 heterocycles. The summed E-state index contributed by atoms with van der Waals surface area (Å²) in [6.07, 6.45) is 5.46. The molecule has 1 aromatic carbocycles. The molecule has 4 rings (SSSR count). The lowest BCUT2D eigenvalue weighted by Gasteiger charge is -2.24. The van der Waals surface area contributed by atoms with Gasteiger partial charge < -0.3 is 10.1 Å². The molecule has 0 saturated heterocycles. The molecule has 0 radical (unpaired) electrons. The van der Waals surface area contributed by atoms with Gasteiger partial charge in [0.2, 0.25) is 0 Å². The Bertz CT molecular complexity index is 988. The summed E-state index contributed by atoms with van der Waals surface area (Å²) in [6.45, 7) is 0. The summed E-state index contributed by atoms with van der Waals surface area (Å²) in [6, 6.07) is 3.99. The van der Waals surface area contributed by atoms with E-state index in [9.17, 15) is 13.6 Å². The molecular weight excluding hydrogens is 384 g/mol. The number of imidazole rings is 1. The molecule has 0 atom stereocenters. The van der Waals surface area contributed by atoms with Crippen LogP contribution in [0.3, 0.4) is 0 Å². The monoisotopic (exact) mass is 405 g/mol. The lowest BCUT2D eigenvalue weighted by Crippen LogP contribution is -2.23. The van der Waals surface area contributed by atoms with Crippen molar-refractivity contribution in [3.63, 3.8) is 0 Å². The number of aromatic nitrogens is 2. The van der Waals surface area contributed by atoms with E-state index < -0.39 is 11.6 Å². The van der Waals surface area contributed by atoms with E-state index in [1.165, 1.54) is 43.1 Å². The van der Waals surface area contributed by atoms with E-state index in [1.54, 1.807) is 4.40 Å². The summed E-state index contributed by atoms with van der Waals surface area (Å²) in [5.41, 5.74) is 0.764. The van der Waals surface area contributed by atoms with E-state index >= 15 is 0 Å². The summed E-state index contributed by atoms with van der Waals surface area (Å²) < 4.78 is 35.6. The third-order valence-corrected chi connectivity index (χ3v) is 6.01. The van der Waals surface area contributed by atoms with Gasteiger partial charge >= 0.3 is 5.97 Å². The highest BCUT2D eigenvalue weighted by molar-refractivity contribution is 7.15. The van der Waals surface area contributed by atoms with Crippen molar-refractivity contribution in [1.29, 1.82) is 0 Å². The van der Waals surface area contributed by atoms with E-state index in [1.807, 2.05) is 5.38 Å². The molecule has 0 bridgehead atoms. The zero-order chi connectivity index (χ0) is 19.7. The molecule has 1 aliphatic carbocycles. The van der Waals surface area contributed by atoms with Crippen molar-refractivity contribution >= 4 is 28.1 Å². The number of carbonyl (C=O) groups is 1. The first-order valence-corrected chi connectivity index (χ1v) is 10.2. The van der Waals surface area contributed by atoms with Gasteiger partial charge in [-0.25, -0.2) is 13.8 Å². The lowest BCUT2D eigenvalue weighted by atomic mass is 9.95. The maximum Gasteiger partial charge on any atom is 0.311 e. The number of methoxy groups -OCH3 is 1. The molecule has 28 heavy (non-hydrogen) atoms. The van der Waals surface area contributed by atoms with Crippen molar-refractivity contribution in [2.75, 3.05) is 12.4 Å². The first kappa shape index (κ1) is 18.9. The van der Waals surface area contributed by atoms with Crippen molar-refractivity contribution in [2.45, 2.75) is 44.6 Å². The van der Waals surface area contributed by atoms with Crippen LogP contribution in [0.1, 0.15) is 37.8 Å². The van der Waals surface area contributed by atoms with Crippen LogP contribution in [0.25, 0.3) is 16.2 Å². The highest BCUT2D eigenvalue weighted by Crippen LogP contribution is 2.37. The summed E-state index contributed by atoms with van der Waals surface area (Å²) in [5.74, 6) is -1.17. The molecule has 0 amide bonds. The van der Waals surface area contributed by atoms with Gasteiger partial charge in [-0.2, -0.15) is 0 Å². The topological polar surface area (TPSA) is 55.6 Å². The molecule has 1 N–H and O–H groups in total. The largest absolute Gasteiger partial charge is 0.469 e. The van der Waals surface area contributed by atoms with Crippen LogP contribution in [0, 0.1) is 11.6 Å². The van der Waals surface area contributed by atoms with E-state index in [0.29, 0.717) is 16.5 Å². The number of rotatable bonds is 5. The smallest absolute Gasteiger partial charge is 0.311 e. The Kier molecular flexibility index (Phi) is 5.30. The number of anilines is 1.